The smallest absolute Gasteiger partial charge is 0.255 e. The van der Waals surface area contributed by atoms with Gasteiger partial charge in [0.2, 0.25) is 5.91 Å². The zero-order chi connectivity index (χ0) is 14.7. The lowest BCUT2D eigenvalue weighted by Crippen LogP contribution is -2.35. The number of hydrogen-bond donors (Lipinski definition) is 2. The van der Waals surface area contributed by atoms with Crippen LogP contribution in [0.5, 0.6) is 0 Å². The van der Waals surface area contributed by atoms with E-state index in [2.05, 4.69) is 12.2 Å². The van der Waals surface area contributed by atoms with Gasteiger partial charge >= 0.3 is 0 Å². The Morgan fingerprint density at radius 1 is 1.40 bits per heavy atom. The van der Waals surface area contributed by atoms with Crippen molar-refractivity contribution in [2.24, 2.45) is 5.73 Å². The summed E-state index contributed by atoms with van der Waals surface area (Å²) in [6.07, 6.45) is 2.44. The summed E-state index contributed by atoms with van der Waals surface area (Å²) in [7, 11) is 0. The Balaban J connectivity index is 2.23. The predicted octanol–water partition coefficient (Wildman–Crippen LogP) is 1.99. The average Bonchev–Trinajstić information content (AvgIpc) is 2.80. The first kappa shape index (κ1) is 14.1. The minimum absolute atomic E-state index is 0.113. The SMILES string of the molecule is CCc1ccc2occ(C(=O)N[C@H](C)CC(N)=O)c2c1. The lowest BCUT2D eigenvalue weighted by Gasteiger charge is -2.11. The molecule has 0 aliphatic carbocycles. The van der Waals surface area contributed by atoms with E-state index in [1.165, 1.54) is 6.26 Å². The third-order valence-corrected chi connectivity index (χ3v) is 3.18. The maximum absolute atomic E-state index is 12.2. The molecule has 1 heterocycles. The first-order valence-corrected chi connectivity index (χ1v) is 6.60. The third-order valence-electron chi connectivity index (χ3n) is 3.18. The van der Waals surface area contributed by atoms with Gasteiger partial charge in [-0.05, 0) is 31.0 Å². The summed E-state index contributed by atoms with van der Waals surface area (Å²) in [6, 6.07) is 5.48. The molecule has 0 saturated carbocycles. The van der Waals surface area contributed by atoms with Crippen LogP contribution in [-0.4, -0.2) is 17.9 Å². The molecule has 1 aromatic carbocycles. The monoisotopic (exact) mass is 274 g/mol. The Morgan fingerprint density at radius 2 is 2.15 bits per heavy atom. The minimum atomic E-state index is -0.442. The van der Waals surface area contributed by atoms with Gasteiger partial charge in [0.15, 0.2) is 0 Å². The Kier molecular flexibility index (Phi) is 4.08. The number of amides is 2. The van der Waals surface area contributed by atoms with E-state index in [9.17, 15) is 9.59 Å². The molecule has 1 atom stereocenters. The Hall–Kier alpha value is -2.30. The van der Waals surface area contributed by atoms with Crippen molar-refractivity contribution in [1.29, 1.82) is 0 Å². The number of hydrogen-bond acceptors (Lipinski definition) is 3. The van der Waals surface area contributed by atoms with E-state index >= 15 is 0 Å². The molecular formula is C15H18N2O3. The number of benzene rings is 1. The maximum Gasteiger partial charge on any atom is 0.255 e. The van der Waals surface area contributed by atoms with Gasteiger partial charge < -0.3 is 15.5 Å². The second kappa shape index (κ2) is 5.77. The van der Waals surface area contributed by atoms with Crippen molar-refractivity contribution in [3.63, 3.8) is 0 Å². The fourth-order valence-corrected chi connectivity index (χ4v) is 2.13. The molecule has 3 N–H and O–H groups in total. The van der Waals surface area contributed by atoms with Crippen molar-refractivity contribution < 1.29 is 14.0 Å². The molecule has 0 radical (unpaired) electrons. The van der Waals surface area contributed by atoms with Crippen molar-refractivity contribution in [3.8, 4) is 0 Å². The molecule has 1 aromatic heterocycles. The highest BCUT2D eigenvalue weighted by atomic mass is 16.3. The van der Waals surface area contributed by atoms with Crippen molar-refractivity contribution in [2.45, 2.75) is 32.7 Å². The Morgan fingerprint density at radius 3 is 2.80 bits per heavy atom. The molecule has 2 rings (SSSR count). The molecule has 0 bridgehead atoms. The summed E-state index contributed by atoms with van der Waals surface area (Å²) in [5, 5.41) is 3.53. The van der Waals surface area contributed by atoms with Crippen LogP contribution < -0.4 is 11.1 Å². The van der Waals surface area contributed by atoms with E-state index in [0.29, 0.717) is 11.1 Å². The quantitative estimate of drug-likeness (QED) is 0.874. The lowest BCUT2D eigenvalue weighted by molar-refractivity contribution is -0.118. The number of fused-ring (bicyclic) bond motifs is 1. The molecule has 5 nitrogen and oxygen atoms in total. The Labute approximate surface area is 117 Å². The van der Waals surface area contributed by atoms with Gasteiger partial charge in [-0.3, -0.25) is 9.59 Å². The van der Waals surface area contributed by atoms with E-state index in [4.69, 9.17) is 10.2 Å². The molecule has 2 aromatic rings. The number of carbonyl (C=O) groups excluding carboxylic acids is 2. The Bertz CT molecular complexity index is 646. The largest absolute Gasteiger partial charge is 0.463 e. The normalized spacial score (nSPS) is 12.3. The first-order valence-electron chi connectivity index (χ1n) is 6.60. The van der Waals surface area contributed by atoms with Crippen LogP contribution in [-0.2, 0) is 11.2 Å². The van der Waals surface area contributed by atoms with Crippen LogP contribution in [0.2, 0.25) is 0 Å². The maximum atomic E-state index is 12.2. The number of furan rings is 1. The summed E-state index contributed by atoms with van der Waals surface area (Å²) < 4.78 is 5.38. The van der Waals surface area contributed by atoms with Crippen LogP contribution >= 0.6 is 0 Å². The van der Waals surface area contributed by atoms with Crippen LogP contribution in [0.4, 0.5) is 0 Å². The van der Waals surface area contributed by atoms with Crippen LogP contribution in [0, 0.1) is 0 Å². The minimum Gasteiger partial charge on any atom is -0.463 e. The number of aryl methyl sites for hydroxylation is 1. The molecule has 5 heteroatoms. The van der Waals surface area contributed by atoms with Gasteiger partial charge in [0.1, 0.15) is 11.8 Å². The molecule has 0 aliphatic heterocycles. The van der Waals surface area contributed by atoms with Gasteiger partial charge in [0.05, 0.1) is 5.56 Å². The summed E-state index contributed by atoms with van der Waals surface area (Å²) in [5.41, 5.74) is 7.40. The number of rotatable bonds is 5. The van der Waals surface area contributed by atoms with Gasteiger partial charge in [-0.25, -0.2) is 0 Å². The molecule has 0 saturated heterocycles. The lowest BCUT2D eigenvalue weighted by atomic mass is 10.1. The average molecular weight is 274 g/mol. The highest BCUT2D eigenvalue weighted by Crippen LogP contribution is 2.23. The standard InChI is InChI=1S/C15H18N2O3/c1-3-10-4-5-13-11(7-10)12(8-20-13)15(19)17-9(2)6-14(16)18/h4-5,7-9H,3,6H2,1-2H3,(H2,16,18)(H,17,19)/t9-/m1/s1. The summed E-state index contributed by atoms with van der Waals surface area (Å²) in [6.45, 7) is 3.79. The zero-order valence-electron chi connectivity index (χ0n) is 11.6. The molecule has 20 heavy (non-hydrogen) atoms. The van der Waals surface area contributed by atoms with Gasteiger partial charge in [-0.1, -0.05) is 13.0 Å². The predicted molar refractivity (Wildman–Crippen MR) is 76.3 cm³/mol. The molecule has 106 valence electrons. The van der Waals surface area contributed by atoms with Gasteiger partial charge in [0, 0.05) is 17.8 Å². The van der Waals surface area contributed by atoms with Crippen molar-refractivity contribution in [1.82, 2.24) is 5.32 Å². The number of nitrogens with one attached hydrogen (secondary N) is 1. The van der Waals surface area contributed by atoms with E-state index in [-0.39, 0.29) is 18.4 Å². The fraction of sp³-hybridized carbons (Fsp3) is 0.333. The third kappa shape index (κ3) is 2.99. The van der Waals surface area contributed by atoms with Crippen LogP contribution in [0.15, 0.2) is 28.9 Å². The fourth-order valence-electron chi connectivity index (χ4n) is 2.13. The molecule has 0 spiro atoms. The van der Waals surface area contributed by atoms with Crippen molar-refractivity contribution >= 4 is 22.8 Å². The molecule has 2 amide bonds. The molecule has 0 fully saturated rings. The van der Waals surface area contributed by atoms with Crippen molar-refractivity contribution in [2.75, 3.05) is 0 Å². The van der Waals surface area contributed by atoms with Gasteiger partial charge in [-0.2, -0.15) is 0 Å². The second-order valence-electron chi connectivity index (χ2n) is 4.88. The summed E-state index contributed by atoms with van der Waals surface area (Å²) >= 11 is 0. The molecule has 0 unspecified atom stereocenters. The number of carbonyl (C=O) groups is 2. The first-order chi connectivity index (χ1) is 9.51. The topological polar surface area (TPSA) is 85.3 Å². The van der Waals surface area contributed by atoms with Gasteiger partial charge in [0.25, 0.3) is 5.91 Å². The van der Waals surface area contributed by atoms with E-state index in [1.54, 1.807) is 6.92 Å². The van der Waals surface area contributed by atoms with E-state index < -0.39 is 5.91 Å². The highest BCUT2D eigenvalue weighted by molar-refractivity contribution is 6.06. The summed E-state index contributed by atoms with van der Waals surface area (Å²) in [4.78, 5) is 23.0. The second-order valence-corrected chi connectivity index (χ2v) is 4.88. The number of nitrogens with two attached hydrogens (primary N) is 1. The van der Waals surface area contributed by atoms with Crippen LogP contribution in [0.25, 0.3) is 11.0 Å². The highest BCUT2D eigenvalue weighted by Gasteiger charge is 2.16. The molecule has 0 aliphatic rings. The van der Waals surface area contributed by atoms with E-state index in [0.717, 1.165) is 17.4 Å². The van der Waals surface area contributed by atoms with Crippen LogP contribution in [0.3, 0.4) is 0 Å². The summed E-state index contributed by atoms with van der Waals surface area (Å²) in [5.74, 6) is -0.700. The van der Waals surface area contributed by atoms with Crippen LogP contribution in [0.1, 0.15) is 36.2 Å². The number of primary amides is 1. The van der Waals surface area contributed by atoms with E-state index in [1.807, 2.05) is 18.2 Å². The zero-order valence-corrected chi connectivity index (χ0v) is 11.6. The molecular weight excluding hydrogens is 256 g/mol. The van der Waals surface area contributed by atoms with Crippen molar-refractivity contribution in [3.05, 3.63) is 35.6 Å². The van der Waals surface area contributed by atoms with Gasteiger partial charge in [-0.15, -0.1) is 0 Å².